The third-order valence-electron chi connectivity index (χ3n) is 3.84. The van der Waals surface area contributed by atoms with E-state index in [-0.39, 0.29) is 0 Å². The third kappa shape index (κ3) is 6.39. The summed E-state index contributed by atoms with van der Waals surface area (Å²) >= 11 is 6.06. The van der Waals surface area contributed by atoms with E-state index >= 15 is 0 Å². The van der Waals surface area contributed by atoms with Crippen molar-refractivity contribution >= 4 is 35.1 Å². The fraction of sp³-hybridized carbons (Fsp3) is 0.700. The number of aromatic nitrogens is 3. The van der Waals surface area contributed by atoms with Crippen LogP contribution in [0.25, 0.3) is 0 Å². The summed E-state index contributed by atoms with van der Waals surface area (Å²) in [7, 11) is -17.1. The molecule has 7 atom stereocenters. The van der Waals surface area contributed by atoms with E-state index < -0.39 is 70.8 Å². The minimum Gasteiger partial charge on any atom is -0.388 e. The van der Waals surface area contributed by atoms with Gasteiger partial charge in [-0.1, -0.05) is 0 Å². The monoisotopic (exact) mass is 549 g/mol. The van der Waals surface area contributed by atoms with Gasteiger partial charge in [0.05, 0.1) is 6.10 Å². The van der Waals surface area contributed by atoms with Gasteiger partial charge >= 0.3 is 29.2 Å². The van der Waals surface area contributed by atoms with Crippen molar-refractivity contribution in [1.82, 2.24) is 14.8 Å². The largest absolute Gasteiger partial charge is 0.490 e. The number of hydrogen-bond acceptors (Lipinski definition) is 11. The molecule has 6 N–H and O–H groups in total. The second-order valence-corrected chi connectivity index (χ2v) is 11.3. The Balaban J connectivity index is 2.26. The number of aliphatic hydroxyl groups excluding tert-OH is 1. The zero-order chi connectivity index (χ0) is 24.7. The van der Waals surface area contributed by atoms with Crippen molar-refractivity contribution in [1.29, 1.82) is 0 Å². The SMILES string of the molecule is C[C@H](OP(=O)(O)OP(=O)(O)OP(=O)(O)O)[C@H]1O[C@@H](n2ncc(=O)[nH]c2=O)C(Cl)(CF)[C@H]1O. The molecule has 184 valence electrons. The molecule has 0 bridgehead atoms. The first kappa shape index (κ1) is 27.4. The van der Waals surface area contributed by atoms with Gasteiger partial charge in [-0.15, -0.1) is 11.6 Å². The number of rotatable bonds is 9. The molecule has 0 aliphatic carbocycles. The summed E-state index contributed by atoms with van der Waals surface area (Å²) in [5, 5.41) is 13.8. The average Bonchev–Trinajstić information content (AvgIpc) is 2.84. The van der Waals surface area contributed by atoms with Crippen LogP contribution in [-0.4, -0.2) is 69.3 Å². The zero-order valence-electron chi connectivity index (χ0n) is 15.5. The summed E-state index contributed by atoms with van der Waals surface area (Å²) in [6.45, 7) is -0.598. The van der Waals surface area contributed by atoms with Gasteiger partial charge in [0.1, 0.15) is 30.0 Å². The molecule has 0 radical (unpaired) electrons. The minimum atomic E-state index is -5.82. The van der Waals surface area contributed by atoms with Gasteiger partial charge in [0.15, 0.2) is 6.23 Å². The molecule has 1 aromatic heterocycles. The van der Waals surface area contributed by atoms with E-state index in [9.17, 15) is 37.7 Å². The Labute approximate surface area is 181 Å². The fourth-order valence-corrected chi connectivity index (χ4v) is 6.10. The third-order valence-corrected chi connectivity index (χ3v) is 8.28. The highest BCUT2D eigenvalue weighted by Crippen LogP contribution is 2.66. The van der Waals surface area contributed by atoms with Crippen LogP contribution in [0.2, 0.25) is 0 Å². The van der Waals surface area contributed by atoms with Crippen LogP contribution in [0.5, 0.6) is 0 Å². The molecular formula is C10H16ClFN3O14P3. The first-order valence-corrected chi connectivity index (χ1v) is 12.9. The molecule has 0 spiro atoms. The Morgan fingerprint density at radius 2 is 1.88 bits per heavy atom. The molecule has 22 heteroatoms. The van der Waals surface area contributed by atoms with Crippen LogP contribution < -0.4 is 11.2 Å². The second-order valence-electron chi connectivity index (χ2n) is 6.24. The molecule has 2 rings (SSSR count). The Morgan fingerprint density at radius 3 is 2.38 bits per heavy atom. The standard InChI is InChI=1S/C10H16ClFN3O14P3/c1-4(27-31(22,23)29-32(24,25)28-30(19,20)21)6-7(17)10(11,3-12)8(26-6)15-9(18)14-5(16)2-13-15/h2,4,6-8,17H,3H2,1H3,(H,22,23)(H,24,25)(H,14,16,18)(H2,19,20,21)/t4-,6+,7-,8+,10?/m0/s1. The van der Waals surface area contributed by atoms with E-state index in [1.165, 1.54) is 0 Å². The van der Waals surface area contributed by atoms with Gasteiger partial charge in [0, 0.05) is 0 Å². The minimum absolute atomic E-state index is 0.384. The molecule has 1 saturated heterocycles. The number of ether oxygens (including phenoxy) is 1. The summed E-state index contributed by atoms with van der Waals surface area (Å²) in [5.74, 6) is 0. The normalized spacial score (nSPS) is 31.1. The van der Waals surface area contributed by atoms with Gasteiger partial charge in [0.25, 0.3) is 5.56 Å². The highest BCUT2D eigenvalue weighted by Gasteiger charge is 2.59. The maximum atomic E-state index is 13.7. The van der Waals surface area contributed by atoms with Crippen molar-refractivity contribution < 1.29 is 60.6 Å². The number of phosphoric ester groups is 1. The molecular weight excluding hydrogens is 533 g/mol. The first-order valence-electron chi connectivity index (χ1n) is 7.99. The van der Waals surface area contributed by atoms with Gasteiger partial charge in [-0.05, 0) is 6.92 Å². The van der Waals surface area contributed by atoms with Crippen LogP contribution in [0.1, 0.15) is 13.2 Å². The van der Waals surface area contributed by atoms with Gasteiger partial charge in [-0.25, -0.2) is 22.9 Å². The van der Waals surface area contributed by atoms with Crippen molar-refractivity contribution in [3.05, 3.63) is 27.0 Å². The maximum absolute atomic E-state index is 13.7. The topological polar surface area (TPSA) is 257 Å². The number of aliphatic hydroxyl groups is 1. The molecule has 2 heterocycles. The van der Waals surface area contributed by atoms with Crippen molar-refractivity contribution in [2.45, 2.75) is 36.3 Å². The number of H-pyrrole nitrogens is 1. The predicted molar refractivity (Wildman–Crippen MR) is 98.0 cm³/mol. The highest BCUT2D eigenvalue weighted by molar-refractivity contribution is 7.66. The number of phosphoric acid groups is 3. The number of hydrogen-bond donors (Lipinski definition) is 6. The predicted octanol–water partition coefficient (Wildman–Crippen LogP) is -1.13. The number of nitrogens with zero attached hydrogens (tertiary/aromatic N) is 2. The summed E-state index contributed by atoms with van der Waals surface area (Å²) < 4.78 is 65.0. The van der Waals surface area contributed by atoms with Crippen LogP contribution in [-0.2, 0) is 31.6 Å². The molecule has 0 amide bonds. The quantitative estimate of drug-likeness (QED) is 0.157. The summed E-state index contributed by atoms with van der Waals surface area (Å²) in [5.41, 5.74) is -2.11. The van der Waals surface area contributed by atoms with E-state index in [4.69, 9.17) is 31.0 Å². The van der Waals surface area contributed by atoms with Crippen LogP contribution in [0, 0.1) is 0 Å². The van der Waals surface area contributed by atoms with Gasteiger partial charge in [-0.3, -0.25) is 14.3 Å². The first-order chi connectivity index (χ1) is 14.4. The van der Waals surface area contributed by atoms with Crippen molar-refractivity contribution in [3.63, 3.8) is 0 Å². The molecule has 1 aliphatic rings. The smallest absolute Gasteiger partial charge is 0.388 e. The average molecular weight is 550 g/mol. The van der Waals surface area contributed by atoms with E-state index in [1.807, 2.05) is 0 Å². The molecule has 3 unspecified atom stereocenters. The Morgan fingerprint density at radius 1 is 1.28 bits per heavy atom. The molecule has 32 heavy (non-hydrogen) atoms. The maximum Gasteiger partial charge on any atom is 0.490 e. The van der Waals surface area contributed by atoms with Crippen LogP contribution in [0.15, 0.2) is 15.8 Å². The van der Waals surface area contributed by atoms with Crippen molar-refractivity contribution in [3.8, 4) is 0 Å². The van der Waals surface area contributed by atoms with Crippen LogP contribution in [0.4, 0.5) is 4.39 Å². The lowest BCUT2D eigenvalue weighted by Gasteiger charge is -2.27. The number of nitrogens with one attached hydrogen (secondary N) is 1. The molecule has 0 saturated carbocycles. The number of halogens is 2. The van der Waals surface area contributed by atoms with Crippen molar-refractivity contribution in [2.75, 3.05) is 6.67 Å². The van der Waals surface area contributed by atoms with Crippen molar-refractivity contribution in [2.24, 2.45) is 0 Å². The van der Waals surface area contributed by atoms with Crippen LogP contribution >= 0.6 is 35.1 Å². The molecule has 0 aromatic carbocycles. The fourth-order valence-electron chi connectivity index (χ4n) is 2.63. The summed E-state index contributed by atoms with van der Waals surface area (Å²) in [4.78, 5) is 58.3. The zero-order valence-corrected chi connectivity index (χ0v) is 18.9. The summed E-state index contributed by atoms with van der Waals surface area (Å²) in [6, 6.07) is 0. The lowest BCUT2D eigenvalue weighted by molar-refractivity contribution is -0.0793. The summed E-state index contributed by atoms with van der Waals surface area (Å²) in [6.07, 6.45) is -6.88. The molecule has 1 aliphatic heterocycles. The Bertz CT molecular complexity index is 1110. The van der Waals surface area contributed by atoms with E-state index in [1.54, 1.807) is 4.98 Å². The van der Waals surface area contributed by atoms with E-state index in [0.717, 1.165) is 6.92 Å². The molecule has 1 aromatic rings. The highest BCUT2D eigenvalue weighted by atomic mass is 35.5. The molecule has 1 fully saturated rings. The molecule has 17 nitrogen and oxygen atoms in total. The van der Waals surface area contributed by atoms with E-state index in [2.05, 4.69) is 18.2 Å². The Hall–Kier alpha value is -0.840. The lowest BCUT2D eigenvalue weighted by Crippen LogP contribution is -2.48. The van der Waals surface area contributed by atoms with Gasteiger partial charge in [-0.2, -0.15) is 18.4 Å². The van der Waals surface area contributed by atoms with Gasteiger partial charge < -0.3 is 29.4 Å². The Kier molecular flexibility index (Phi) is 8.07. The van der Waals surface area contributed by atoms with Crippen LogP contribution in [0.3, 0.4) is 0 Å². The second kappa shape index (κ2) is 9.43. The lowest BCUT2D eigenvalue weighted by atomic mass is 9.98. The number of alkyl halides is 2. The van der Waals surface area contributed by atoms with E-state index in [0.29, 0.717) is 10.9 Å². The number of aromatic amines is 1. The van der Waals surface area contributed by atoms with Gasteiger partial charge in [0.2, 0.25) is 0 Å².